The number of hydrogen-bond donors (Lipinski definition) is 1. The third-order valence-electron chi connectivity index (χ3n) is 4.31. The van der Waals surface area contributed by atoms with Gasteiger partial charge < -0.3 is 10.2 Å². The van der Waals surface area contributed by atoms with E-state index in [4.69, 9.17) is 0 Å². The van der Waals surface area contributed by atoms with E-state index in [1.54, 1.807) is 11.3 Å². The highest BCUT2D eigenvalue weighted by atomic mass is 32.1. The monoisotopic (exact) mass is 284 g/mol. The summed E-state index contributed by atoms with van der Waals surface area (Å²) in [6.07, 6.45) is 0. The van der Waals surface area contributed by atoms with Crippen LogP contribution in [0.3, 0.4) is 0 Å². The van der Waals surface area contributed by atoms with E-state index in [0.717, 1.165) is 35.6 Å². The molecular weight excluding hydrogens is 268 g/mol. The summed E-state index contributed by atoms with van der Waals surface area (Å²) in [5, 5.41) is 5.45. The molecule has 102 valence electrons. The molecule has 0 aliphatic carbocycles. The first-order valence-corrected chi connectivity index (χ1v) is 7.86. The Labute approximate surface area is 122 Å². The summed E-state index contributed by atoms with van der Waals surface area (Å²) in [6.45, 7) is 2.80. The Morgan fingerprint density at radius 2 is 2.10 bits per heavy atom. The first-order chi connectivity index (χ1) is 9.83. The quantitative estimate of drug-likeness (QED) is 0.919. The van der Waals surface area contributed by atoms with Gasteiger partial charge in [-0.25, -0.2) is 0 Å². The van der Waals surface area contributed by atoms with Crippen LogP contribution in [0.2, 0.25) is 0 Å². The zero-order chi connectivity index (χ0) is 13.5. The fourth-order valence-corrected chi connectivity index (χ4v) is 3.87. The lowest BCUT2D eigenvalue weighted by molar-refractivity contribution is 0.0790. The first kappa shape index (κ1) is 12.1. The van der Waals surface area contributed by atoms with E-state index < -0.39 is 0 Å². The number of carbonyl (C=O) groups excluding carboxylic acids is 1. The predicted octanol–water partition coefficient (Wildman–Crippen LogP) is 2.46. The van der Waals surface area contributed by atoms with Gasteiger partial charge in [0.05, 0.1) is 0 Å². The maximum atomic E-state index is 12.8. The zero-order valence-corrected chi connectivity index (χ0v) is 11.9. The minimum Gasteiger partial charge on any atom is -0.337 e. The molecule has 2 atom stereocenters. The number of benzene rings is 1. The summed E-state index contributed by atoms with van der Waals surface area (Å²) < 4.78 is 0. The third-order valence-corrected chi connectivity index (χ3v) is 5.22. The van der Waals surface area contributed by atoms with E-state index in [-0.39, 0.29) is 5.91 Å². The van der Waals surface area contributed by atoms with E-state index in [1.807, 2.05) is 35.2 Å². The van der Waals surface area contributed by atoms with Crippen LogP contribution in [0.1, 0.15) is 10.4 Å². The van der Waals surface area contributed by atoms with Gasteiger partial charge in [-0.3, -0.25) is 4.79 Å². The molecule has 3 nitrogen and oxygen atoms in total. The largest absolute Gasteiger partial charge is 0.337 e. The van der Waals surface area contributed by atoms with Crippen LogP contribution in [0.25, 0.3) is 10.4 Å². The van der Waals surface area contributed by atoms with Gasteiger partial charge in [0.1, 0.15) is 0 Å². The Balaban J connectivity index is 1.66. The second-order valence-corrected chi connectivity index (χ2v) is 6.46. The molecule has 1 aromatic carbocycles. The van der Waals surface area contributed by atoms with Crippen molar-refractivity contribution in [1.82, 2.24) is 10.2 Å². The van der Waals surface area contributed by atoms with Gasteiger partial charge >= 0.3 is 0 Å². The van der Waals surface area contributed by atoms with E-state index >= 15 is 0 Å². The van der Waals surface area contributed by atoms with Crippen molar-refractivity contribution in [2.45, 2.75) is 6.04 Å². The molecule has 2 fully saturated rings. The summed E-state index contributed by atoms with van der Waals surface area (Å²) in [4.78, 5) is 15.9. The van der Waals surface area contributed by atoms with Crippen LogP contribution in [0.15, 0.2) is 41.8 Å². The van der Waals surface area contributed by atoms with Crippen molar-refractivity contribution < 1.29 is 4.79 Å². The molecule has 1 aromatic heterocycles. The molecule has 2 aromatic rings. The van der Waals surface area contributed by atoms with Crippen molar-refractivity contribution in [2.75, 3.05) is 19.6 Å². The van der Waals surface area contributed by atoms with Crippen molar-refractivity contribution in [1.29, 1.82) is 0 Å². The lowest BCUT2D eigenvalue weighted by atomic mass is 9.96. The highest BCUT2D eigenvalue weighted by molar-refractivity contribution is 7.13. The summed E-state index contributed by atoms with van der Waals surface area (Å²) in [5.41, 5.74) is 1.89. The number of rotatable bonds is 2. The van der Waals surface area contributed by atoms with Gasteiger partial charge in [0, 0.05) is 47.6 Å². The lowest BCUT2D eigenvalue weighted by Gasteiger charge is -2.29. The van der Waals surface area contributed by atoms with Gasteiger partial charge in [0.25, 0.3) is 5.91 Å². The Morgan fingerprint density at radius 1 is 1.20 bits per heavy atom. The minimum absolute atomic E-state index is 0.171. The van der Waals surface area contributed by atoms with Crippen LogP contribution in [-0.4, -0.2) is 36.5 Å². The molecule has 2 aliphatic heterocycles. The zero-order valence-electron chi connectivity index (χ0n) is 11.1. The predicted molar refractivity (Wildman–Crippen MR) is 80.9 cm³/mol. The Bertz CT molecular complexity index is 626. The molecule has 0 saturated carbocycles. The average molecular weight is 284 g/mol. The Morgan fingerprint density at radius 3 is 2.75 bits per heavy atom. The fraction of sp³-hybridized carbons (Fsp3) is 0.312. The van der Waals surface area contributed by atoms with E-state index in [2.05, 4.69) is 16.8 Å². The van der Waals surface area contributed by atoms with Gasteiger partial charge in [-0.2, -0.15) is 0 Å². The number of hydrogen-bond acceptors (Lipinski definition) is 3. The average Bonchev–Trinajstić information content (AvgIpc) is 3.08. The van der Waals surface area contributed by atoms with Crippen molar-refractivity contribution in [3.63, 3.8) is 0 Å². The molecule has 0 bridgehead atoms. The van der Waals surface area contributed by atoms with Crippen LogP contribution in [0, 0.1) is 5.92 Å². The standard InChI is InChI=1S/C16H16N2OS/c19-16(18-9-11-8-17-14(11)10-18)13-5-2-1-4-12(13)15-6-3-7-20-15/h1-7,11,14,17H,8-10H2. The second-order valence-electron chi connectivity index (χ2n) is 5.51. The fourth-order valence-electron chi connectivity index (χ4n) is 3.10. The van der Waals surface area contributed by atoms with Crippen molar-refractivity contribution in [2.24, 2.45) is 5.92 Å². The number of carbonyl (C=O) groups is 1. The number of likely N-dealkylation sites (tertiary alicyclic amines) is 1. The molecule has 1 N–H and O–H groups in total. The number of thiophene rings is 1. The molecule has 2 unspecified atom stereocenters. The molecule has 1 amide bonds. The topological polar surface area (TPSA) is 32.3 Å². The molecule has 2 saturated heterocycles. The second kappa shape index (κ2) is 4.72. The van der Waals surface area contributed by atoms with Gasteiger partial charge in [-0.05, 0) is 17.5 Å². The van der Waals surface area contributed by atoms with Crippen molar-refractivity contribution >= 4 is 17.2 Å². The smallest absolute Gasteiger partial charge is 0.254 e. The molecule has 0 spiro atoms. The van der Waals surface area contributed by atoms with Crippen molar-refractivity contribution in [3.8, 4) is 10.4 Å². The molecule has 0 radical (unpaired) electrons. The van der Waals surface area contributed by atoms with Crippen LogP contribution in [-0.2, 0) is 0 Å². The SMILES string of the molecule is O=C(c1ccccc1-c1cccs1)N1CC2CNC2C1. The maximum Gasteiger partial charge on any atom is 0.254 e. The van der Waals surface area contributed by atoms with Gasteiger partial charge in [-0.1, -0.05) is 24.3 Å². The van der Waals surface area contributed by atoms with E-state index in [9.17, 15) is 4.79 Å². The maximum absolute atomic E-state index is 12.8. The molecule has 20 heavy (non-hydrogen) atoms. The number of fused-ring (bicyclic) bond motifs is 1. The minimum atomic E-state index is 0.171. The van der Waals surface area contributed by atoms with Gasteiger partial charge in [-0.15, -0.1) is 11.3 Å². The van der Waals surface area contributed by atoms with Crippen LogP contribution in [0.5, 0.6) is 0 Å². The number of amides is 1. The van der Waals surface area contributed by atoms with Crippen molar-refractivity contribution in [3.05, 3.63) is 47.3 Å². The molecule has 4 rings (SSSR count). The van der Waals surface area contributed by atoms with E-state index in [0.29, 0.717) is 12.0 Å². The first-order valence-electron chi connectivity index (χ1n) is 6.98. The summed E-state index contributed by atoms with van der Waals surface area (Å²) in [6, 6.07) is 12.6. The Hall–Kier alpha value is -1.65. The molecule has 4 heteroatoms. The lowest BCUT2D eigenvalue weighted by Crippen LogP contribution is -2.51. The molecule has 2 aliphatic rings. The normalized spacial score (nSPS) is 24.3. The molecular formula is C16H16N2OS. The molecule has 3 heterocycles. The van der Waals surface area contributed by atoms with Crippen LogP contribution >= 0.6 is 11.3 Å². The summed E-state index contributed by atoms with van der Waals surface area (Å²) in [5.74, 6) is 0.832. The van der Waals surface area contributed by atoms with Gasteiger partial charge in [0.2, 0.25) is 0 Å². The summed E-state index contributed by atoms with van der Waals surface area (Å²) in [7, 11) is 0. The highest BCUT2D eigenvalue weighted by Crippen LogP contribution is 2.31. The summed E-state index contributed by atoms with van der Waals surface area (Å²) >= 11 is 1.68. The van der Waals surface area contributed by atoms with Gasteiger partial charge in [0.15, 0.2) is 0 Å². The van der Waals surface area contributed by atoms with E-state index in [1.165, 1.54) is 0 Å². The van der Waals surface area contributed by atoms with Crippen LogP contribution in [0.4, 0.5) is 0 Å². The number of nitrogens with one attached hydrogen (secondary N) is 1. The highest BCUT2D eigenvalue weighted by Gasteiger charge is 2.41. The Kier molecular flexibility index (Phi) is 2.86. The third kappa shape index (κ3) is 1.87. The van der Waals surface area contributed by atoms with Crippen LogP contribution < -0.4 is 5.32 Å². The number of nitrogens with zero attached hydrogens (tertiary/aromatic N) is 1.